The smallest absolute Gasteiger partial charge is 0.269 e. The number of benzene rings is 2. The van der Waals surface area contributed by atoms with E-state index in [1.54, 1.807) is 49.6 Å². The predicted octanol–water partition coefficient (Wildman–Crippen LogP) is 3.67. The van der Waals surface area contributed by atoms with Gasteiger partial charge in [-0.05, 0) is 89.6 Å². The van der Waals surface area contributed by atoms with Crippen molar-refractivity contribution in [3.8, 4) is 11.5 Å². The summed E-state index contributed by atoms with van der Waals surface area (Å²) in [5.41, 5.74) is 5.83. The lowest BCUT2D eigenvalue weighted by molar-refractivity contribution is 0.0934. The molecule has 0 atom stereocenters. The van der Waals surface area contributed by atoms with E-state index in [2.05, 4.69) is 52.6 Å². The van der Waals surface area contributed by atoms with Crippen LogP contribution in [0.15, 0.2) is 42.5 Å². The van der Waals surface area contributed by atoms with E-state index in [1.165, 1.54) is 0 Å². The average molecular weight is 541 g/mol. The highest BCUT2D eigenvalue weighted by Crippen LogP contribution is 2.21. The molecule has 9 heteroatoms. The Morgan fingerprint density at radius 2 is 1.70 bits per heavy atom. The predicted molar refractivity (Wildman–Crippen MR) is 128 cm³/mol. The fraction of sp³-hybridized carbons (Fsp3) is 0.286. The highest BCUT2D eigenvalue weighted by atomic mass is 127. The fourth-order valence-electron chi connectivity index (χ4n) is 2.31. The molecule has 7 nitrogen and oxygen atoms in total. The molecule has 0 fully saturated rings. The van der Waals surface area contributed by atoms with Gasteiger partial charge in [0, 0.05) is 11.1 Å². The first-order valence-corrected chi connectivity index (χ1v) is 10.8. The summed E-state index contributed by atoms with van der Waals surface area (Å²) < 4.78 is 11.6. The first-order chi connectivity index (χ1) is 14.3. The van der Waals surface area contributed by atoms with Gasteiger partial charge in [0.1, 0.15) is 11.5 Å². The van der Waals surface area contributed by atoms with Crippen molar-refractivity contribution >= 4 is 51.7 Å². The van der Waals surface area contributed by atoms with Crippen LogP contribution < -0.4 is 25.6 Å². The molecule has 2 amide bonds. The van der Waals surface area contributed by atoms with Crippen molar-refractivity contribution in [1.29, 1.82) is 0 Å². The number of thiocarbonyl (C=S) groups is 1. The Labute approximate surface area is 195 Å². The van der Waals surface area contributed by atoms with Gasteiger partial charge in [0.2, 0.25) is 0 Å². The van der Waals surface area contributed by atoms with Crippen LogP contribution in [0.1, 0.15) is 41.0 Å². The minimum absolute atomic E-state index is 0.0205. The van der Waals surface area contributed by atoms with E-state index in [1.807, 2.05) is 0 Å². The number of methoxy groups -OCH3 is 1. The van der Waals surface area contributed by atoms with Crippen LogP contribution in [0.5, 0.6) is 11.5 Å². The maximum atomic E-state index is 12.3. The fourth-order valence-corrected chi connectivity index (χ4v) is 3.19. The van der Waals surface area contributed by atoms with Crippen LogP contribution in [0, 0.1) is 9.49 Å². The summed E-state index contributed by atoms with van der Waals surface area (Å²) in [6.07, 6.45) is 0.963. The molecule has 0 radical (unpaired) electrons. The van der Waals surface area contributed by atoms with Crippen LogP contribution in [0.25, 0.3) is 0 Å². The Kier molecular flexibility index (Phi) is 9.31. The summed E-state index contributed by atoms with van der Waals surface area (Å²) in [6.45, 7) is 4.90. The molecule has 0 aliphatic rings. The van der Waals surface area contributed by atoms with Crippen molar-refractivity contribution < 1.29 is 19.1 Å². The van der Waals surface area contributed by atoms with Gasteiger partial charge in [-0.2, -0.15) is 0 Å². The second-order valence-corrected chi connectivity index (χ2v) is 8.34. The molecule has 2 rings (SSSR count). The zero-order chi connectivity index (χ0) is 22.1. The van der Waals surface area contributed by atoms with Crippen molar-refractivity contribution in [2.75, 3.05) is 13.7 Å². The summed E-state index contributed by atoms with van der Waals surface area (Å²) in [4.78, 5) is 24.5. The minimum Gasteiger partial charge on any atom is -0.496 e. The Hall–Kier alpha value is -2.40. The SMILES string of the molecule is COc1ccc(C(=O)NC(=S)NNC(=O)c2ccc(OCCC(C)C)cc2)cc1I. The lowest BCUT2D eigenvalue weighted by atomic mass is 10.1. The molecule has 30 heavy (non-hydrogen) atoms. The van der Waals surface area contributed by atoms with Crippen molar-refractivity contribution in [3.63, 3.8) is 0 Å². The van der Waals surface area contributed by atoms with Crippen molar-refractivity contribution in [2.24, 2.45) is 5.92 Å². The summed E-state index contributed by atoms with van der Waals surface area (Å²) in [6, 6.07) is 11.8. The third-order valence-electron chi connectivity index (χ3n) is 4.01. The molecule has 2 aromatic carbocycles. The molecule has 0 aliphatic heterocycles. The highest BCUT2D eigenvalue weighted by molar-refractivity contribution is 14.1. The molecule has 0 unspecified atom stereocenters. The van der Waals surface area contributed by atoms with Crippen molar-refractivity contribution in [2.45, 2.75) is 20.3 Å². The topological polar surface area (TPSA) is 88.7 Å². The Balaban J connectivity index is 1.81. The molecule has 0 bridgehead atoms. The molecule has 0 spiro atoms. The quantitative estimate of drug-likeness (QED) is 0.282. The van der Waals surface area contributed by atoms with Gasteiger partial charge in [-0.1, -0.05) is 13.8 Å². The van der Waals surface area contributed by atoms with E-state index in [0.29, 0.717) is 35.2 Å². The van der Waals surface area contributed by atoms with Gasteiger partial charge in [0.25, 0.3) is 11.8 Å². The number of rotatable bonds is 7. The number of hydrazine groups is 1. The third-order valence-corrected chi connectivity index (χ3v) is 5.06. The van der Waals surface area contributed by atoms with E-state index >= 15 is 0 Å². The highest BCUT2D eigenvalue weighted by Gasteiger charge is 2.12. The van der Waals surface area contributed by atoms with Crippen LogP contribution in [-0.4, -0.2) is 30.6 Å². The molecule has 0 saturated carbocycles. The van der Waals surface area contributed by atoms with Crippen LogP contribution >= 0.6 is 34.8 Å². The third kappa shape index (κ3) is 7.45. The number of hydrogen-bond acceptors (Lipinski definition) is 5. The second-order valence-electron chi connectivity index (χ2n) is 6.77. The van der Waals surface area contributed by atoms with Crippen molar-refractivity contribution in [1.82, 2.24) is 16.2 Å². The van der Waals surface area contributed by atoms with Gasteiger partial charge in [-0.3, -0.25) is 25.8 Å². The summed E-state index contributed by atoms with van der Waals surface area (Å²) in [5.74, 6) is 1.16. The minimum atomic E-state index is -0.398. The van der Waals surface area contributed by atoms with Gasteiger partial charge in [-0.25, -0.2) is 0 Å². The van der Waals surface area contributed by atoms with Crippen molar-refractivity contribution in [3.05, 3.63) is 57.2 Å². The van der Waals surface area contributed by atoms with Crippen LogP contribution in [0.4, 0.5) is 0 Å². The number of carbonyl (C=O) groups excluding carboxylic acids is 2. The van der Waals surface area contributed by atoms with Crippen LogP contribution in [-0.2, 0) is 0 Å². The molecule has 160 valence electrons. The average Bonchev–Trinajstić information content (AvgIpc) is 2.72. The summed E-state index contributed by atoms with van der Waals surface area (Å²) >= 11 is 7.14. The van der Waals surface area contributed by atoms with Crippen LogP contribution in [0.3, 0.4) is 0 Å². The molecular formula is C21H24IN3O4S. The molecule has 3 N–H and O–H groups in total. The number of amides is 2. The van der Waals surface area contributed by atoms with E-state index in [4.69, 9.17) is 21.7 Å². The number of ether oxygens (including phenoxy) is 2. The summed E-state index contributed by atoms with van der Waals surface area (Å²) in [5, 5.41) is 2.49. The maximum absolute atomic E-state index is 12.3. The van der Waals surface area contributed by atoms with E-state index in [0.717, 1.165) is 9.99 Å². The summed E-state index contributed by atoms with van der Waals surface area (Å²) in [7, 11) is 1.56. The zero-order valence-corrected chi connectivity index (χ0v) is 19.9. The van der Waals surface area contributed by atoms with Gasteiger partial charge in [0.05, 0.1) is 17.3 Å². The normalized spacial score (nSPS) is 10.3. The number of nitrogens with one attached hydrogen (secondary N) is 3. The molecular weight excluding hydrogens is 517 g/mol. The van der Waals surface area contributed by atoms with E-state index in [9.17, 15) is 9.59 Å². The van der Waals surface area contributed by atoms with E-state index in [-0.39, 0.29) is 11.0 Å². The standard InChI is InChI=1S/C21H24IN3O4S/c1-13(2)10-11-29-16-7-4-14(5-8-16)20(27)24-25-21(30)23-19(26)15-6-9-18(28-3)17(22)12-15/h4-9,12-13H,10-11H2,1-3H3,(H,24,27)(H2,23,25,26,30). The van der Waals surface area contributed by atoms with E-state index < -0.39 is 5.91 Å². The number of hydrogen-bond donors (Lipinski definition) is 3. The first kappa shape index (κ1) is 23.9. The molecule has 0 aliphatic carbocycles. The Bertz CT molecular complexity index is 904. The number of halogens is 1. The monoisotopic (exact) mass is 541 g/mol. The maximum Gasteiger partial charge on any atom is 0.269 e. The zero-order valence-electron chi connectivity index (χ0n) is 17.0. The van der Waals surface area contributed by atoms with Gasteiger partial charge in [-0.15, -0.1) is 0 Å². The molecule has 0 aromatic heterocycles. The number of carbonyl (C=O) groups is 2. The van der Waals surface area contributed by atoms with Gasteiger partial charge in [0.15, 0.2) is 5.11 Å². The molecule has 2 aromatic rings. The Morgan fingerprint density at radius 1 is 1.03 bits per heavy atom. The van der Waals surface area contributed by atoms with Gasteiger partial charge >= 0.3 is 0 Å². The van der Waals surface area contributed by atoms with Gasteiger partial charge < -0.3 is 9.47 Å². The molecule has 0 saturated heterocycles. The lowest BCUT2D eigenvalue weighted by Gasteiger charge is -2.12. The largest absolute Gasteiger partial charge is 0.496 e. The second kappa shape index (κ2) is 11.7. The lowest BCUT2D eigenvalue weighted by Crippen LogP contribution is -2.48. The molecule has 0 heterocycles. The Morgan fingerprint density at radius 3 is 2.30 bits per heavy atom. The van der Waals surface area contributed by atoms with Crippen LogP contribution in [0.2, 0.25) is 0 Å². The first-order valence-electron chi connectivity index (χ1n) is 9.28.